The first kappa shape index (κ1) is 17.1. The monoisotopic (exact) mass is 338 g/mol. The summed E-state index contributed by atoms with van der Waals surface area (Å²) in [7, 11) is 3.40. The molecule has 7 nitrogen and oxygen atoms in total. The van der Waals surface area contributed by atoms with Crippen LogP contribution in [0.25, 0.3) is 0 Å². The number of aryl methyl sites for hydroxylation is 1. The number of aromatic nitrogens is 2. The molecule has 1 aromatic heterocycles. The van der Waals surface area contributed by atoms with E-state index in [4.69, 9.17) is 21.1 Å². The molecule has 2 N–H and O–H groups in total. The molecule has 2 aromatic rings. The van der Waals surface area contributed by atoms with Crippen molar-refractivity contribution in [1.29, 1.82) is 0 Å². The van der Waals surface area contributed by atoms with Gasteiger partial charge in [-0.05, 0) is 12.1 Å². The number of ether oxygens (including phenoxy) is 2. The van der Waals surface area contributed by atoms with Gasteiger partial charge in [0.25, 0.3) is 0 Å². The van der Waals surface area contributed by atoms with Crippen molar-refractivity contribution in [2.75, 3.05) is 25.6 Å². The van der Waals surface area contributed by atoms with Crippen molar-refractivity contribution in [3.05, 3.63) is 41.2 Å². The van der Waals surface area contributed by atoms with Crippen LogP contribution < -0.4 is 15.4 Å². The Kier molecular flexibility index (Phi) is 6.25. The minimum absolute atomic E-state index is 0.340. The third-order valence-electron chi connectivity index (χ3n) is 2.96. The first-order valence-corrected chi connectivity index (χ1v) is 7.40. The number of methoxy groups -OCH3 is 1. The number of benzene rings is 1. The SMILES string of the molecule is COCCOc1c(Cl)cccc1NC(=O)NCc1cnn(C)c1. The minimum atomic E-state index is -0.354. The Balaban J connectivity index is 1.95. The standard InChI is InChI=1S/C15H19ClN4O3/c1-20-10-11(9-18-20)8-17-15(21)19-13-5-3-4-12(16)14(13)23-7-6-22-2/h3-5,9-10H,6-8H2,1-2H3,(H2,17,19,21). The molecule has 23 heavy (non-hydrogen) atoms. The third-order valence-corrected chi connectivity index (χ3v) is 3.26. The maximum Gasteiger partial charge on any atom is 0.319 e. The number of hydrogen-bond acceptors (Lipinski definition) is 4. The first-order chi connectivity index (χ1) is 11.1. The van der Waals surface area contributed by atoms with Crippen LogP contribution in [0.1, 0.15) is 5.56 Å². The summed E-state index contributed by atoms with van der Waals surface area (Å²) >= 11 is 6.12. The number of carbonyl (C=O) groups is 1. The van der Waals surface area contributed by atoms with E-state index in [2.05, 4.69) is 15.7 Å². The Hall–Kier alpha value is -2.25. The van der Waals surface area contributed by atoms with Gasteiger partial charge in [-0.25, -0.2) is 4.79 Å². The highest BCUT2D eigenvalue weighted by atomic mass is 35.5. The maximum atomic E-state index is 12.0. The van der Waals surface area contributed by atoms with Crippen molar-refractivity contribution >= 4 is 23.3 Å². The lowest BCUT2D eigenvalue weighted by Crippen LogP contribution is -2.28. The van der Waals surface area contributed by atoms with Gasteiger partial charge < -0.3 is 20.1 Å². The fraction of sp³-hybridized carbons (Fsp3) is 0.333. The van der Waals surface area contributed by atoms with Crippen molar-refractivity contribution in [2.24, 2.45) is 7.05 Å². The molecular formula is C15H19ClN4O3. The second-order valence-corrected chi connectivity index (χ2v) is 5.19. The average molecular weight is 339 g/mol. The average Bonchev–Trinajstić information content (AvgIpc) is 2.94. The van der Waals surface area contributed by atoms with Crippen LogP contribution in [0.15, 0.2) is 30.6 Å². The van der Waals surface area contributed by atoms with Crippen LogP contribution in [-0.2, 0) is 18.3 Å². The zero-order valence-corrected chi connectivity index (χ0v) is 13.8. The third kappa shape index (κ3) is 5.15. The molecule has 0 bridgehead atoms. The molecule has 0 radical (unpaired) electrons. The number of carbonyl (C=O) groups excluding carboxylic acids is 1. The zero-order chi connectivity index (χ0) is 16.7. The van der Waals surface area contributed by atoms with E-state index in [0.29, 0.717) is 36.2 Å². The fourth-order valence-electron chi connectivity index (χ4n) is 1.89. The van der Waals surface area contributed by atoms with E-state index in [1.165, 1.54) is 0 Å². The lowest BCUT2D eigenvalue weighted by atomic mass is 10.3. The number of nitrogens with one attached hydrogen (secondary N) is 2. The summed E-state index contributed by atoms with van der Waals surface area (Å²) in [6.45, 7) is 1.14. The van der Waals surface area contributed by atoms with E-state index in [1.54, 1.807) is 36.2 Å². The topological polar surface area (TPSA) is 77.4 Å². The van der Waals surface area contributed by atoms with Crippen LogP contribution in [0.5, 0.6) is 5.75 Å². The minimum Gasteiger partial charge on any atom is -0.487 e. The molecule has 0 spiro atoms. The van der Waals surface area contributed by atoms with E-state index >= 15 is 0 Å². The van der Waals surface area contributed by atoms with Crippen molar-refractivity contribution in [3.8, 4) is 5.75 Å². The Morgan fingerprint density at radius 1 is 1.39 bits per heavy atom. The second kappa shape index (κ2) is 8.40. The number of anilines is 1. The predicted molar refractivity (Wildman–Crippen MR) is 87.9 cm³/mol. The van der Waals surface area contributed by atoms with Crippen LogP contribution in [0, 0.1) is 0 Å². The Labute approximate surface area is 139 Å². The van der Waals surface area contributed by atoms with Crippen LogP contribution in [0.2, 0.25) is 5.02 Å². The van der Waals surface area contributed by atoms with Gasteiger partial charge in [-0.15, -0.1) is 0 Å². The number of para-hydroxylation sites is 1. The van der Waals surface area contributed by atoms with Crippen molar-refractivity contribution in [1.82, 2.24) is 15.1 Å². The van der Waals surface area contributed by atoms with Gasteiger partial charge in [0.2, 0.25) is 0 Å². The van der Waals surface area contributed by atoms with E-state index in [9.17, 15) is 4.79 Å². The van der Waals surface area contributed by atoms with Gasteiger partial charge in [-0.3, -0.25) is 4.68 Å². The quantitative estimate of drug-likeness (QED) is 0.760. The molecule has 2 rings (SSSR count). The highest BCUT2D eigenvalue weighted by Gasteiger charge is 2.11. The molecule has 0 aliphatic rings. The van der Waals surface area contributed by atoms with Gasteiger partial charge in [-0.2, -0.15) is 5.10 Å². The highest BCUT2D eigenvalue weighted by molar-refractivity contribution is 6.32. The molecule has 0 aliphatic carbocycles. The second-order valence-electron chi connectivity index (χ2n) is 4.79. The van der Waals surface area contributed by atoms with Crippen LogP contribution in [0.3, 0.4) is 0 Å². The molecule has 0 fully saturated rings. The van der Waals surface area contributed by atoms with Gasteiger partial charge in [0, 0.05) is 32.5 Å². The van der Waals surface area contributed by atoms with Crippen molar-refractivity contribution in [2.45, 2.75) is 6.54 Å². The summed E-state index contributed by atoms with van der Waals surface area (Å²) in [5, 5.41) is 9.94. The molecular weight excluding hydrogens is 320 g/mol. The number of amides is 2. The lowest BCUT2D eigenvalue weighted by molar-refractivity contribution is 0.146. The Bertz CT molecular complexity index is 660. The summed E-state index contributed by atoms with van der Waals surface area (Å²) in [5.74, 6) is 0.419. The van der Waals surface area contributed by atoms with Crippen LogP contribution >= 0.6 is 11.6 Å². The zero-order valence-electron chi connectivity index (χ0n) is 13.0. The smallest absolute Gasteiger partial charge is 0.319 e. The number of nitrogens with zero attached hydrogens (tertiary/aromatic N) is 2. The maximum absolute atomic E-state index is 12.0. The van der Waals surface area contributed by atoms with Gasteiger partial charge in [0.15, 0.2) is 5.75 Å². The molecule has 0 saturated carbocycles. The highest BCUT2D eigenvalue weighted by Crippen LogP contribution is 2.32. The van der Waals surface area contributed by atoms with Crippen molar-refractivity contribution < 1.29 is 14.3 Å². The molecule has 0 unspecified atom stereocenters. The summed E-state index contributed by atoms with van der Waals surface area (Å²) in [4.78, 5) is 12.0. The number of halogens is 1. The normalized spacial score (nSPS) is 10.4. The summed E-state index contributed by atoms with van der Waals surface area (Å²) in [5.41, 5.74) is 1.41. The van der Waals surface area contributed by atoms with Gasteiger partial charge in [0.05, 0.1) is 23.5 Å². The van der Waals surface area contributed by atoms with Gasteiger partial charge in [0.1, 0.15) is 6.61 Å². The molecule has 1 heterocycles. The number of hydrogen-bond donors (Lipinski definition) is 2. The Morgan fingerprint density at radius 2 is 2.22 bits per heavy atom. The molecule has 2 amide bonds. The van der Waals surface area contributed by atoms with E-state index in [0.717, 1.165) is 5.56 Å². The Morgan fingerprint density at radius 3 is 2.91 bits per heavy atom. The summed E-state index contributed by atoms with van der Waals surface area (Å²) in [6.07, 6.45) is 3.53. The molecule has 124 valence electrons. The van der Waals surface area contributed by atoms with E-state index in [-0.39, 0.29) is 6.03 Å². The predicted octanol–water partition coefficient (Wildman–Crippen LogP) is 2.42. The summed E-state index contributed by atoms with van der Waals surface area (Å²) in [6, 6.07) is 4.80. The van der Waals surface area contributed by atoms with E-state index in [1.807, 2.05) is 13.2 Å². The molecule has 1 aromatic carbocycles. The van der Waals surface area contributed by atoms with Gasteiger partial charge in [-0.1, -0.05) is 17.7 Å². The lowest BCUT2D eigenvalue weighted by Gasteiger charge is -2.14. The largest absolute Gasteiger partial charge is 0.487 e. The first-order valence-electron chi connectivity index (χ1n) is 7.02. The molecule has 0 aliphatic heterocycles. The fourth-order valence-corrected chi connectivity index (χ4v) is 2.12. The van der Waals surface area contributed by atoms with E-state index < -0.39 is 0 Å². The molecule has 0 atom stereocenters. The molecule has 8 heteroatoms. The van der Waals surface area contributed by atoms with Crippen LogP contribution in [0.4, 0.5) is 10.5 Å². The van der Waals surface area contributed by atoms with Crippen molar-refractivity contribution in [3.63, 3.8) is 0 Å². The summed E-state index contributed by atoms with van der Waals surface area (Å²) < 4.78 is 12.2. The number of rotatable bonds is 7. The van der Waals surface area contributed by atoms with Crippen LogP contribution in [-0.4, -0.2) is 36.1 Å². The van der Waals surface area contributed by atoms with Gasteiger partial charge >= 0.3 is 6.03 Å². The molecule has 0 saturated heterocycles. The number of urea groups is 1.